The van der Waals surface area contributed by atoms with Crippen molar-refractivity contribution in [3.8, 4) is 0 Å². The first kappa shape index (κ1) is 16.0. The molecule has 19 heavy (non-hydrogen) atoms. The molecule has 1 aromatic carbocycles. The first-order valence-corrected chi connectivity index (χ1v) is 6.40. The number of hydrogen-bond donors (Lipinski definition) is 2. The molecule has 108 valence electrons. The molecule has 0 fully saturated rings. The van der Waals surface area contributed by atoms with E-state index in [1.165, 1.54) is 12.1 Å². The van der Waals surface area contributed by atoms with E-state index in [1.807, 2.05) is 13.8 Å². The van der Waals surface area contributed by atoms with Crippen molar-refractivity contribution in [2.45, 2.75) is 45.0 Å². The normalized spacial score (nSPS) is 12.7. The number of rotatable bonds is 6. The van der Waals surface area contributed by atoms with Crippen LogP contribution in [0.3, 0.4) is 0 Å². The molecule has 0 aliphatic rings. The fourth-order valence-corrected chi connectivity index (χ4v) is 1.88. The van der Waals surface area contributed by atoms with Gasteiger partial charge in [0, 0.05) is 13.1 Å². The molecule has 0 aromatic heterocycles. The van der Waals surface area contributed by atoms with Crippen molar-refractivity contribution in [3.63, 3.8) is 0 Å². The summed E-state index contributed by atoms with van der Waals surface area (Å²) >= 11 is 0. The Balaban J connectivity index is 2.69. The molecule has 0 bridgehead atoms. The van der Waals surface area contributed by atoms with Gasteiger partial charge in [0.15, 0.2) is 0 Å². The highest BCUT2D eigenvalue weighted by Crippen LogP contribution is 2.31. The SMILES string of the molecule is CCC(O)(CC)CNCc1ccccc1C(F)(F)F. The zero-order valence-electron chi connectivity index (χ0n) is 11.2. The minimum atomic E-state index is -4.34. The fourth-order valence-electron chi connectivity index (χ4n) is 1.88. The van der Waals surface area contributed by atoms with Crippen molar-refractivity contribution in [2.75, 3.05) is 6.54 Å². The van der Waals surface area contributed by atoms with Gasteiger partial charge >= 0.3 is 6.18 Å². The van der Waals surface area contributed by atoms with E-state index in [0.29, 0.717) is 12.8 Å². The van der Waals surface area contributed by atoms with Gasteiger partial charge in [0.25, 0.3) is 0 Å². The lowest BCUT2D eigenvalue weighted by atomic mass is 9.97. The van der Waals surface area contributed by atoms with Crippen LogP contribution in [0.1, 0.15) is 37.8 Å². The smallest absolute Gasteiger partial charge is 0.389 e. The fraction of sp³-hybridized carbons (Fsp3) is 0.571. The molecule has 0 heterocycles. The van der Waals surface area contributed by atoms with Crippen LogP contribution in [0.15, 0.2) is 24.3 Å². The Morgan fingerprint density at radius 3 is 2.21 bits per heavy atom. The lowest BCUT2D eigenvalue weighted by molar-refractivity contribution is -0.138. The summed E-state index contributed by atoms with van der Waals surface area (Å²) in [7, 11) is 0. The van der Waals surface area contributed by atoms with E-state index in [0.717, 1.165) is 6.07 Å². The maximum Gasteiger partial charge on any atom is 0.416 e. The van der Waals surface area contributed by atoms with Gasteiger partial charge in [-0.1, -0.05) is 32.0 Å². The second-order valence-corrected chi connectivity index (χ2v) is 4.69. The van der Waals surface area contributed by atoms with E-state index < -0.39 is 17.3 Å². The molecule has 0 aliphatic heterocycles. The van der Waals surface area contributed by atoms with Crippen molar-refractivity contribution in [2.24, 2.45) is 0 Å². The molecule has 0 saturated carbocycles. The van der Waals surface area contributed by atoms with Crippen molar-refractivity contribution >= 4 is 0 Å². The molecule has 0 spiro atoms. The summed E-state index contributed by atoms with van der Waals surface area (Å²) in [5.74, 6) is 0. The van der Waals surface area contributed by atoms with Crippen LogP contribution in [0.2, 0.25) is 0 Å². The third kappa shape index (κ3) is 4.51. The Morgan fingerprint density at radius 2 is 1.68 bits per heavy atom. The van der Waals surface area contributed by atoms with Gasteiger partial charge in [-0.15, -0.1) is 0 Å². The molecule has 0 atom stereocenters. The van der Waals surface area contributed by atoms with E-state index in [2.05, 4.69) is 5.32 Å². The van der Waals surface area contributed by atoms with Gasteiger partial charge in [0.1, 0.15) is 0 Å². The Morgan fingerprint density at radius 1 is 1.11 bits per heavy atom. The van der Waals surface area contributed by atoms with Gasteiger partial charge in [0.05, 0.1) is 11.2 Å². The van der Waals surface area contributed by atoms with Crippen LogP contribution in [0.5, 0.6) is 0 Å². The molecule has 2 N–H and O–H groups in total. The third-order valence-corrected chi connectivity index (χ3v) is 3.41. The second kappa shape index (κ2) is 6.39. The quantitative estimate of drug-likeness (QED) is 0.834. The molecular weight excluding hydrogens is 255 g/mol. The monoisotopic (exact) mass is 275 g/mol. The van der Waals surface area contributed by atoms with Gasteiger partial charge in [0.2, 0.25) is 0 Å². The van der Waals surface area contributed by atoms with Gasteiger partial charge in [-0.25, -0.2) is 0 Å². The molecule has 1 aromatic rings. The van der Waals surface area contributed by atoms with Gasteiger partial charge in [-0.3, -0.25) is 0 Å². The van der Waals surface area contributed by atoms with Crippen molar-refractivity contribution in [1.82, 2.24) is 5.32 Å². The minimum Gasteiger partial charge on any atom is -0.389 e. The minimum absolute atomic E-state index is 0.0952. The van der Waals surface area contributed by atoms with Crippen molar-refractivity contribution in [3.05, 3.63) is 35.4 Å². The average Bonchev–Trinajstić information content (AvgIpc) is 2.38. The van der Waals surface area contributed by atoms with Crippen LogP contribution in [0.4, 0.5) is 13.2 Å². The zero-order chi connectivity index (χ0) is 14.5. The number of nitrogens with one attached hydrogen (secondary N) is 1. The van der Waals surface area contributed by atoms with Crippen LogP contribution in [-0.2, 0) is 12.7 Å². The molecule has 0 unspecified atom stereocenters. The highest BCUT2D eigenvalue weighted by atomic mass is 19.4. The van der Waals surface area contributed by atoms with Crippen molar-refractivity contribution < 1.29 is 18.3 Å². The van der Waals surface area contributed by atoms with Gasteiger partial charge in [-0.05, 0) is 24.5 Å². The third-order valence-electron chi connectivity index (χ3n) is 3.41. The first-order valence-electron chi connectivity index (χ1n) is 6.40. The molecule has 2 nitrogen and oxygen atoms in total. The highest BCUT2D eigenvalue weighted by molar-refractivity contribution is 5.29. The van der Waals surface area contributed by atoms with E-state index in [-0.39, 0.29) is 18.7 Å². The second-order valence-electron chi connectivity index (χ2n) is 4.69. The Bertz CT molecular complexity index is 400. The van der Waals surface area contributed by atoms with Gasteiger partial charge in [-0.2, -0.15) is 13.2 Å². The van der Waals surface area contributed by atoms with Crippen LogP contribution < -0.4 is 5.32 Å². The van der Waals surface area contributed by atoms with Crippen LogP contribution >= 0.6 is 0 Å². The standard InChI is InChI=1S/C14H20F3NO/c1-3-13(19,4-2)10-18-9-11-7-5-6-8-12(11)14(15,16)17/h5-8,18-19H,3-4,9-10H2,1-2H3. The van der Waals surface area contributed by atoms with Crippen molar-refractivity contribution in [1.29, 1.82) is 0 Å². The Hall–Kier alpha value is -1.07. The van der Waals surface area contributed by atoms with E-state index in [4.69, 9.17) is 0 Å². The maximum absolute atomic E-state index is 12.8. The molecule has 1 rings (SSSR count). The number of halogens is 3. The highest BCUT2D eigenvalue weighted by Gasteiger charge is 2.32. The molecule has 0 aliphatic carbocycles. The maximum atomic E-state index is 12.8. The molecule has 0 amide bonds. The van der Waals surface area contributed by atoms with Gasteiger partial charge < -0.3 is 10.4 Å². The molecular formula is C14H20F3NO. The topological polar surface area (TPSA) is 32.3 Å². The number of alkyl halides is 3. The van der Waals surface area contributed by atoms with Crippen LogP contribution in [0, 0.1) is 0 Å². The zero-order valence-corrected chi connectivity index (χ0v) is 11.2. The van der Waals surface area contributed by atoms with E-state index >= 15 is 0 Å². The predicted molar refractivity (Wildman–Crippen MR) is 68.7 cm³/mol. The Labute approximate surface area is 111 Å². The average molecular weight is 275 g/mol. The summed E-state index contributed by atoms with van der Waals surface area (Å²) in [6.07, 6.45) is -3.21. The first-order chi connectivity index (χ1) is 8.82. The molecule has 0 radical (unpaired) electrons. The Kier molecular flexibility index (Phi) is 5.38. The number of aliphatic hydroxyl groups is 1. The largest absolute Gasteiger partial charge is 0.416 e. The summed E-state index contributed by atoms with van der Waals surface area (Å²) in [5.41, 5.74) is -1.28. The van der Waals surface area contributed by atoms with E-state index in [9.17, 15) is 18.3 Å². The van der Waals surface area contributed by atoms with Crippen LogP contribution in [-0.4, -0.2) is 17.3 Å². The lowest BCUT2D eigenvalue weighted by Gasteiger charge is -2.25. The summed E-state index contributed by atoms with van der Waals surface area (Å²) in [6, 6.07) is 5.48. The number of hydrogen-bond acceptors (Lipinski definition) is 2. The number of benzene rings is 1. The summed E-state index contributed by atoms with van der Waals surface area (Å²) < 4.78 is 38.3. The lowest BCUT2D eigenvalue weighted by Crippen LogP contribution is -2.39. The summed E-state index contributed by atoms with van der Waals surface area (Å²) in [6.45, 7) is 4.09. The summed E-state index contributed by atoms with van der Waals surface area (Å²) in [5, 5.41) is 13.0. The van der Waals surface area contributed by atoms with E-state index in [1.54, 1.807) is 6.07 Å². The predicted octanol–water partition coefficient (Wildman–Crippen LogP) is 3.35. The van der Waals surface area contributed by atoms with Crippen LogP contribution in [0.25, 0.3) is 0 Å². The summed E-state index contributed by atoms with van der Waals surface area (Å²) in [4.78, 5) is 0. The molecule has 5 heteroatoms. The molecule has 0 saturated heterocycles.